The number of rotatable bonds is 5. The summed E-state index contributed by atoms with van der Waals surface area (Å²) in [4.78, 5) is 26.1. The Hall–Kier alpha value is -1.40. The molecule has 0 aromatic rings. The van der Waals surface area contributed by atoms with Crippen LogP contribution in [0.15, 0.2) is 12.7 Å². The average Bonchev–Trinajstić information content (AvgIpc) is 3.12. The van der Waals surface area contributed by atoms with Crippen LogP contribution < -0.4 is 16.1 Å². The van der Waals surface area contributed by atoms with Gasteiger partial charge < -0.3 is 10.6 Å². The van der Waals surface area contributed by atoms with Gasteiger partial charge in [0, 0.05) is 25.6 Å². The van der Waals surface area contributed by atoms with E-state index in [1.54, 1.807) is 6.08 Å². The van der Waals surface area contributed by atoms with Crippen molar-refractivity contribution < 1.29 is 9.59 Å². The van der Waals surface area contributed by atoms with Crippen LogP contribution >= 0.6 is 0 Å². The smallest absolute Gasteiger partial charge is 0.260 e. The fourth-order valence-electron chi connectivity index (χ4n) is 7.12. The first kappa shape index (κ1) is 18.6. The second kappa shape index (κ2) is 5.82. The van der Waals surface area contributed by atoms with Crippen LogP contribution in [0.5, 0.6) is 0 Å². The van der Waals surface area contributed by atoms with Crippen LogP contribution in [0.2, 0.25) is 0 Å². The number of amides is 2. The molecule has 2 aliphatic heterocycles. The average molecular weight is 387 g/mol. The van der Waals surface area contributed by atoms with Crippen molar-refractivity contribution in [2.45, 2.75) is 70.4 Å². The first-order chi connectivity index (χ1) is 13.3. The number of nitrogens with zero attached hydrogens (tertiary/aromatic N) is 1. The van der Waals surface area contributed by atoms with Gasteiger partial charge in [0.1, 0.15) is 5.54 Å². The monoisotopic (exact) mass is 386 g/mol. The fourth-order valence-corrected chi connectivity index (χ4v) is 7.12. The maximum Gasteiger partial charge on any atom is 0.260 e. The van der Waals surface area contributed by atoms with E-state index in [9.17, 15) is 9.59 Å². The molecule has 2 heterocycles. The van der Waals surface area contributed by atoms with E-state index < -0.39 is 5.54 Å². The summed E-state index contributed by atoms with van der Waals surface area (Å²) in [6.07, 6.45) is 9.49. The Morgan fingerprint density at radius 3 is 2.36 bits per heavy atom. The van der Waals surface area contributed by atoms with Crippen LogP contribution in [-0.2, 0) is 9.59 Å². The highest BCUT2D eigenvalue weighted by Gasteiger charge is 2.83. The number of nitrogens with one attached hydrogen (secondary N) is 3. The number of fused-ring (bicyclic) bond motifs is 1. The van der Waals surface area contributed by atoms with Gasteiger partial charge in [0.15, 0.2) is 0 Å². The number of hydrogen-bond acceptors (Lipinski definition) is 4. The van der Waals surface area contributed by atoms with E-state index >= 15 is 0 Å². The molecule has 2 spiro atoms. The van der Waals surface area contributed by atoms with Crippen molar-refractivity contribution in [3.63, 3.8) is 0 Å². The molecule has 3 aliphatic carbocycles. The predicted molar refractivity (Wildman–Crippen MR) is 107 cm³/mol. The van der Waals surface area contributed by atoms with Gasteiger partial charge in [-0.05, 0) is 54.8 Å². The fraction of sp³-hybridized carbons (Fsp3) is 0.818. The van der Waals surface area contributed by atoms with Crippen LogP contribution in [0.4, 0.5) is 0 Å². The lowest BCUT2D eigenvalue weighted by Crippen LogP contribution is -2.57. The Morgan fingerprint density at radius 1 is 1.11 bits per heavy atom. The minimum Gasteiger partial charge on any atom is -0.340 e. The molecule has 154 valence electrons. The highest BCUT2D eigenvalue weighted by Crippen LogP contribution is 2.87. The van der Waals surface area contributed by atoms with E-state index in [1.165, 1.54) is 19.3 Å². The summed E-state index contributed by atoms with van der Waals surface area (Å²) < 4.78 is 0. The summed E-state index contributed by atoms with van der Waals surface area (Å²) in [6.45, 7) is 11.3. The lowest BCUT2D eigenvalue weighted by atomic mass is 9.73. The van der Waals surface area contributed by atoms with Crippen molar-refractivity contribution in [1.82, 2.24) is 21.1 Å². The van der Waals surface area contributed by atoms with E-state index in [-0.39, 0.29) is 29.2 Å². The largest absolute Gasteiger partial charge is 0.340 e. The van der Waals surface area contributed by atoms with Crippen LogP contribution in [-0.4, -0.2) is 48.0 Å². The molecule has 28 heavy (non-hydrogen) atoms. The van der Waals surface area contributed by atoms with Crippen LogP contribution in [0.1, 0.15) is 58.8 Å². The molecule has 6 nitrogen and oxygen atoms in total. The Labute approximate surface area is 167 Å². The molecule has 5 aliphatic rings. The molecule has 0 aromatic carbocycles. The van der Waals surface area contributed by atoms with Gasteiger partial charge >= 0.3 is 0 Å². The topological polar surface area (TPSA) is 73.5 Å². The van der Waals surface area contributed by atoms with Crippen molar-refractivity contribution in [3.05, 3.63) is 12.7 Å². The first-order valence-corrected chi connectivity index (χ1v) is 11.1. The molecule has 3 N–H and O–H groups in total. The van der Waals surface area contributed by atoms with E-state index in [4.69, 9.17) is 0 Å². The quantitative estimate of drug-likeness (QED) is 0.629. The van der Waals surface area contributed by atoms with Crippen molar-refractivity contribution in [1.29, 1.82) is 0 Å². The molecule has 0 radical (unpaired) electrons. The SMILES string of the molecule is C=C[C@@H]1C[C@]1(NC(=O)C1C[C@@]2(CN1)C(C)(C)C21CCC1)C(=O)NN1CCCC1. The maximum atomic E-state index is 13.1. The van der Waals surface area contributed by atoms with Gasteiger partial charge in [0.25, 0.3) is 5.91 Å². The Bertz CT molecular complexity index is 724. The van der Waals surface area contributed by atoms with Crippen molar-refractivity contribution >= 4 is 11.8 Å². The van der Waals surface area contributed by atoms with E-state index in [2.05, 4.69) is 36.5 Å². The van der Waals surface area contributed by atoms with Gasteiger partial charge in [-0.3, -0.25) is 15.0 Å². The van der Waals surface area contributed by atoms with E-state index in [1.807, 2.05) is 5.01 Å². The van der Waals surface area contributed by atoms with Gasteiger partial charge in [-0.2, -0.15) is 0 Å². The molecule has 0 bridgehead atoms. The van der Waals surface area contributed by atoms with Gasteiger partial charge in [0.05, 0.1) is 6.04 Å². The molecule has 0 aromatic heterocycles. The number of carbonyl (C=O) groups is 2. The molecular formula is C22H34N4O2. The zero-order chi connectivity index (χ0) is 19.8. The van der Waals surface area contributed by atoms with Gasteiger partial charge in [-0.25, -0.2) is 5.01 Å². The lowest BCUT2D eigenvalue weighted by Gasteiger charge is -2.31. The summed E-state index contributed by atoms with van der Waals surface area (Å²) in [5.41, 5.74) is 3.22. The molecule has 5 fully saturated rings. The normalized spacial score (nSPS) is 42.2. The van der Waals surface area contributed by atoms with Crippen LogP contribution in [0.3, 0.4) is 0 Å². The zero-order valence-corrected chi connectivity index (χ0v) is 17.3. The third kappa shape index (κ3) is 2.16. The summed E-state index contributed by atoms with van der Waals surface area (Å²) in [5.74, 6) is -0.0812. The van der Waals surface area contributed by atoms with Gasteiger partial charge in [0.2, 0.25) is 5.91 Å². The van der Waals surface area contributed by atoms with Crippen LogP contribution in [0.25, 0.3) is 0 Å². The Balaban J connectivity index is 1.26. The minimum atomic E-state index is -0.813. The molecule has 2 saturated heterocycles. The summed E-state index contributed by atoms with van der Waals surface area (Å²) >= 11 is 0. The number of hydrazine groups is 1. The second-order valence-electron chi connectivity index (χ2n) is 10.4. The maximum absolute atomic E-state index is 13.1. The lowest BCUT2D eigenvalue weighted by molar-refractivity contribution is -0.134. The molecule has 4 atom stereocenters. The van der Waals surface area contributed by atoms with Crippen molar-refractivity contribution in [3.8, 4) is 0 Å². The highest BCUT2D eigenvalue weighted by atomic mass is 16.2. The van der Waals surface area contributed by atoms with Crippen molar-refractivity contribution in [2.75, 3.05) is 19.6 Å². The molecule has 1 unspecified atom stereocenters. The highest BCUT2D eigenvalue weighted by molar-refractivity contribution is 5.96. The molecule has 5 rings (SSSR count). The molecular weight excluding hydrogens is 352 g/mol. The molecule has 2 amide bonds. The summed E-state index contributed by atoms with van der Waals surface area (Å²) in [7, 11) is 0. The van der Waals surface area contributed by atoms with E-state index in [0.717, 1.165) is 38.9 Å². The third-order valence-electron chi connectivity index (χ3n) is 9.39. The van der Waals surface area contributed by atoms with Crippen molar-refractivity contribution in [2.24, 2.45) is 22.2 Å². The number of carbonyl (C=O) groups excluding carboxylic acids is 2. The Kier molecular flexibility index (Phi) is 3.87. The molecule has 3 saturated carbocycles. The summed E-state index contributed by atoms with van der Waals surface area (Å²) in [5, 5.41) is 8.61. The number of hydrogen-bond donors (Lipinski definition) is 3. The molecule has 6 heteroatoms. The van der Waals surface area contributed by atoms with Gasteiger partial charge in [-0.1, -0.05) is 26.3 Å². The Morgan fingerprint density at radius 2 is 1.82 bits per heavy atom. The van der Waals surface area contributed by atoms with Crippen LogP contribution in [0, 0.1) is 22.2 Å². The minimum absolute atomic E-state index is 0.0183. The third-order valence-corrected chi connectivity index (χ3v) is 9.39. The predicted octanol–water partition coefficient (Wildman–Crippen LogP) is 1.73. The van der Waals surface area contributed by atoms with Gasteiger partial charge in [-0.15, -0.1) is 6.58 Å². The zero-order valence-electron chi connectivity index (χ0n) is 17.3. The van der Waals surface area contributed by atoms with E-state index in [0.29, 0.717) is 17.3 Å². The first-order valence-electron chi connectivity index (χ1n) is 11.1. The standard InChI is InChI=1S/C22H34N4O2/c1-4-15-12-22(15,18(28)25-26-10-5-6-11-26)24-17(27)16-13-21(14-23-16)19(2,3)20(21)8-7-9-20/h4,15-16,23H,1,5-14H2,2-3H3,(H,24,27)(H,25,28)/t15-,16?,21-,22-/m1/s1. The second-order valence-corrected chi connectivity index (χ2v) is 10.4. The summed E-state index contributed by atoms with van der Waals surface area (Å²) in [6, 6.07) is -0.193.